The molecular weight excluding hydrogens is 412 g/mol. The van der Waals surface area contributed by atoms with Gasteiger partial charge < -0.3 is 9.67 Å². The molecule has 2 aromatic carbocycles. The zero-order chi connectivity index (χ0) is 22.0. The number of carboxylic acid groups (broad SMARTS) is 1. The molecule has 1 fully saturated rings. The number of rotatable bonds is 7. The fraction of sp³-hybridized carbons (Fsp3) is 0.292. The Labute approximate surface area is 182 Å². The van der Waals surface area contributed by atoms with E-state index < -0.39 is 16.0 Å². The minimum absolute atomic E-state index is 0.149. The van der Waals surface area contributed by atoms with Crippen molar-refractivity contribution in [2.24, 2.45) is 0 Å². The number of aromatic nitrogens is 1. The molecule has 0 saturated carbocycles. The number of benzene rings is 2. The topological polar surface area (TPSA) is 79.6 Å². The highest BCUT2D eigenvalue weighted by molar-refractivity contribution is 7.89. The van der Waals surface area contributed by atoms with E-state index in [1.54, 1.807) is 21.0 Å². The molecule has 0 radical (unpaired) electrons. The minimum Gasteiger partial charge on any atom is -0.480 e. The fourth-order valence-corrected chi connectivity index (χ4v) is 6.07. The van der Waals surface area contributed by atoms with E-state index in [9.17, 15) is 18.3 Å². The summed E-state index contributed by atoms with van der Waals surface area (Å²) in [4.78, 5) is 11.8. The normalized spacial score (nSPS) is 14.7. The first-order chi connectivity index (χ1) is 14.9. The van der Waals surface area contributed by atoms with E-state index in [-0.39, 0.29) is 6.54 Å². The summed E-state index contributed by atoms with van der Waals surface area (Å²) in [6.07, 6.45) is 2.18. The van der Waals surface area contributed by atoms with Crippen molar-refractivity contribution in [2.45, 2.75) is 37.6 Å². The third-order valence-electron chi connectivity index (χ3n) is 5.76. The first kappa shape index (κ1) is 21.3. The number of aryl methyl sites for hydroxylation is 1. The van der Waals surface area contributed by atoms with Gasteiger partial charge in [0.2, 0.25) is 10.0 Å². The fourth-order valence-electron chi connectivity index (χ4n) is 4.33. The van der Waals surface area contributed by atoms with Gasteiger partial charge in [0.25, 0.3) is 0 Å². The Bertz CT molecular complexity index is 1190. The standard InChI is InChI=1S/C24H26N2O4S/c1-18-15-21(24(26(18)17-23(27)28)19-9-3-2-4-10-19)16-20-11-5-6-12-22(20)31(29,30)25-13-7-8-14-25/h2-6,9-12,15H,7-8,13-14,16-17H2,1H3,(H,27,28). The van der Waals surface area contributed by atoms with Crippen molar-refractivity contribution in [3.8, 4) is 11.3 Å². The second-order valence-corrected chi connectivity index (χ2v) is 9.81. The second-order valence-electron chi connectivity index (χ2n) is 7.90. The summed E-state index contributed by atoms with van der Waals surface area (Å²) in [6.45, 7) is 2.84. The highest BCUT2D eigenvalue weighted by atomic mass is 32.2. The predicted molar refractivity (Wildman–Crippen MR) is 119 cm³/mol. The van der Waals surface area contributed by atoms with E-state index in [2.05, 4.69) is 0 Å². The van der Waals surface area contributed by atoms with Gasteiger partial charge in [0.05, 0.1) is 10.6 Å². The monoisotopic (exact) mass is 438 g/mol. The Morgan fingerprint density at radius 2 is 1.61 bits per heavy atom. The molecule has 4 rings (SSSR count). The lowest BCUT2D eigenvalue weighted by atomic mass is 10.0. The predicted octanol–water partition coefficient (Wildman–Crippen LogP) is 3.92. The molecule has 6 nitrogen and oxygen atoms in total. The Morgan fingerprint density at radius 1 is 0.968 bits per heavy atom. The number of aliphatic carboxylic acids is 1. The zero-order valence-electron chi connectivity index (χ0n) is 17.5. The summed E-state index contributed by atoms with van der Waals surface area (Å²) < 4.78 is 29.9. The third-order valence-corrected chi connectivity index (χ3v) is 7.76. The van der Waals surface area contributed by atoms with E-state index in [0.29, 0.717) is 24.4 Å². The number of sulfonamides is 1. The minimum atomic E-state index is -3.56. The molecule has 1 aliphatic rings. The molecule has 0 unspecified atom stereocenters. The van der Waals surface area contributed by atoms with E-state index in [4.69, 9.17) is 0 Å². The highest BCUT2D eigenvalue weighted by Gasteiger charge is 2.29. The van der Waals surface area contributed by atoms with Crippen LogP contribution < -0.4 is 0 Å². The molecular formula is C24H26N2O4S. The second kappa shape index (κ2) is 8.69. The van der Waals surface area contributed by atoms with Crippen LogP contribution in [0.15, 0.2) is 65.6 Å². The van der Waals surface area contributed by atoms with Crippen molar-refractivity contribution in [1.29, 1.82) is 0 Å². The summed E-state index contributed by atoms with van der Waals surface area (Å²) in [6, 6.07) is 18.7. The van der Waals surface area contributed by atoms with Gasteiger partial charge in [-0.1, -0.05) is 48.5 Å². The summed E-state index contributed by atoms with van der Waals surface area (Å²) in [7, 11) is -3.56. The molecule has 2 heterocycles. The molecule has 0 spiro atoms. The SMILES string of the molecule is Cc1cc(Cc2ccccc2S(=O)(=O)N2CCCC2)c(-c2ccccc2)n1CC(=O)O. The van der Waals surface area contributed by atoms with Gasteiger partial charge in [-0.3, -0.25) is 4.79 Å². The number of carboxylic acids is 1. The molecule has 7 heteroatoms. The van der Waals surface area contributed by atoms with Gasteiger partial charge in [-0.15, -0.1) is 0 Å². The van der Waals surface area contributed by atoms with Gasteiger partial charge in [0.1, 0.15) is 6.54 Å². The average Bonchev–Trinajstić information content (AvgIpc) is 3.38. The van der Waals surface area contributed by atoms with Crippen LogP contribution in [0, 0.1) is 6.92 Å². The van der Waals surface area contributed by atoms with Gasteiger partial charge in [0, 0.05) is 25.2 Å². The van der Waals surface area contributed by atoms with Crippen molar-refractivity contribution in [3.63, 3.8) is 0 Å². The molecule has 0 bridgehead atoms. The van der Waals surface area contributed by atoms with Crippen molar-refractivity contribution >= 4 is 16.0 Å². The lowest BCUT2D eigenvalue weighted by Gasteiger charge is -2.18. The van der Waals surface area contributed by atoms with E-state index >= 15 is 0 Å². The lowest BCUT2D eigenvalue weighted by molar-refractivity contribution is -0.137. The number of hydrogen-bond acceptors (Lipinski definition) is 3. The molecule has 1 saturated heterocycles. The lowest BCUT2D eigenvalue weighted by Crippen LogP contribution is -2.28. The van der Waals surface area contributed by atoms with Crippen LogP contribution >= 0.6 is 0 Å². The molecule has 31 heavy (non-hydrogen) atoms. The van der Waals surface area contributed by atoms with Gasteiger partial charge in [-0.25, -0.2) is 8.42 Å². The average molecular weight is 439 g/mol. The molecule has 0 atom stereocenters. The molecule has 1 aliphatic heterocycles. The summed E-state index contributed by atoms with van der Waals surface area (Å²) in [5, 5.41) is 9.43. The maximum absolute atomic E-state index is 13.3. The molecule has 0 amide bonds. The van der Waals surface area contributed by atoms with Gasteiger partial charge in [-0.05, 0) is 48.6 Å². The Kier molecular flexibility index (Phi) is 5.98. The van der Waals surface area contributed by atoms with Gasteiger partial charge in [0.15, 0.2) is 0 Å². The first-order valence-electron chi connectivity index (χ1n) is 10.4. The van der Waals surface area contributed by atoms with Crippen LogP contribution in [0.2, 0.25) is 0 Å². The smallest absolute Gasteiger partial charge is 0.323 e. The van der Waals surface area contributed by atoms with E-state index in [1.807, 2.05) is 55.5 Å². The number of hydrogen-bond donors (Lipinski definition) is 1. The van der Waals surface area contributed by atoms with E-state index in [1.165, 1.54) is 0 Å². The Balaban J connectivity index is 1.80. The maximum atomic E-state index is 13.3. The zero-order valence-corrected chi connectivity index (χ0v) is 18.3. The Hall–Kier alpha value is -2.90. The molecule has 162 valence electrons. The van der Waals surface area contributed by atoms with Crippen molar-refractivity contribution < 1.29 is 18.3 Å². The van der Waals surface area contributed by atoms with Crippen LogP contribution in [0.5, 0.6) is 0 Å². The van der Waals surface area contributed by atoms with E-state index in [0.717, 1.165) is 40.9 Å². The third kappa shape index (κ3) is 4.29. The largest absolute Gasteiger partial charge is 0.480 e. The van der Waals surface area contributed by atoms with Crippen LogP contribution in [0.1, 0.15) is 29.7 Å². The molecule has 0 aliphatic carbocycles. The maximum Gasteiger partial charge on any atom is 0.323 e. The van der Waals surface area contributed by atoms with Crippen molar-refractivity contribution in [3.05, 3.63) is 77.5 Å². The molecule has 1 aromatic heterocycles. The summed E-state index contributed by atoms with van der Waals surface area (Å²) in [5.41, 5.74) is 4.19. The number of nitrogens with zero attached hydrogens (tertiary/aromatic N) is 2. The summed E-state index contributed by atoms with van der Waals surface area (Å²) in [5.74, 6) is -0.917. The van der Waals surface area contributed by atoms with Crippen molar-refractivity contribution in [2.75, 3.05) is 13.1 Å². The summed E-state index contributed by atoms with van der Waals surface area (Å²) >= 11 is 0. The van der Waals surface area contributed by atoms with Gasteiger partial charge in [-0.2, -0.15) is 4.31 Å². The van der Waals surface area contributed by atoms with Crippen LogP contribution in [-0.4, -0.2) is 41.5 Å². The van der Waals surface area contributed by atoms with Crippen LogP contribution in [0.3, 0.4) is 0 Å². The number of carbonyl (C=O) groups is 1. The molecule has 1 N–H and O–H groups in total. The van der Waals surface area contributed by atoms with Crippen LogP contribution in [-0.2, 0) is 27.8 Å². The first-order valence-corrected chi connectivity index (χ1v) is 11.9. The van der Waals surface area contributed by atoms with Crippen LogP contribution in [0.4, 0.5) is 0 Å². The quantitative estimate of drug-likeness (QED) is 0.606. The van der Waals surface area contributed by atoms with Gasteiger partial charge >= 0.3 is 5.97 Å². The van der Waals surface area contributed by atoms with Crippen LogP contribution in [0.25, 0.3) is 11.3 Å². The van der Waals surface area contributed by atoms with Crippen molar-refractivity contribution in [1.82, 2.24) is 8.87 Å². The molecule has 3 aromatic rings. The highest BCUT2D eigenvalue weighted by Crippen LogP contribution is 2.32. The Morgan fingerprint density at radius 3 is 2.29 bits per heavy atom.